The van der Waals surface area contributed by atoms with Crippen molar-refractivity contribution in [3.63, 3.8) is 0 Å². The summed E-state index contributed by atoms with van der Waals surface area (Å²) in [5.41, 5.74) is 6.31. The minimum Gasteiger partial charge on any atom is -0.342 e. The quantitative estimate of drug-likeness (QED) is 0.440. The van der Waals surface area contributed by atoms with Gasteiger partial charge in [-0.3, -0.25) is 9.78 Å². The Kier molecular flexibility index (Phi) is 7.02. The van der Waals surface area contributed by atoms with Gasteiger partial charge >= 0.3 is 0 Å². The van der Waals surface area contributed by atoms with Gasteiger partial charge < -0.3 is 15.1 Å². The van der Waals surface area contributed by atoms with E-state index in [1.165, 1.54) is 0 Å². The summed E-state index contributed by atoms with van der Waals surface area (Å²) in [6, 6.07) is 11.5. The fourth-order valence-electron chi connectivity index (χ4n) is 5.14. The first kappa shape index (κ1) is 24.8. The van der Waals surface area contributed by atoms with Crippen molar-refractivity contribution in [3.05, 3.63) is 75.5 Å². The molecule has 36 heavy (non-hydrogen) atoms. The number of anilines is 1. The summed E-state index contributed by atoms with van der Waals surface area (Å²) in [5, 5.41) is 4.68. The number of aromatic nitrogens is 1. The lowest BCUT2D eigenvalue weighted by atomic mass is 9.92. The second kappa shape index (κ2) is 10.2. The molecule has 1 N–H and O–H groups in total. The van der Waals surface area contributed by atoms with Crippen molar-refractivity contribution in [1.29, 1.82) is 0 Å². The van der Waals surface area contributed by atoms with Crippen LogP contribution < -0.4 is 10.2 Å². The Labute approximate surface area is 222 Å². The van der Waals surface area contributed by atoms with Gasteiger partial charge in [-0.15, -0.1) is 0 Å². The number of nitrogens with zero attached hydrogens (tertiary/aromatic N) is 4. The number of fused-ring (bicyclic) bond motifs is 1. The SMILES string of the molecule is Cc1cc(Cl)cc(N2C=Nc3cc(C)c(-c4ccncc4Cl)cc3C2C(=O)N(C)C[C@@H]2CCCN2)c1. The van der Waals surface area contributed by atoms with Gasteiger partial charge in [0.25, 0.3) is 0 Å². The molecule has 3 heterocycles. The lowest BCUT2D eigenvalue weighted by molar-refractivity contribution is -0.131. The molecule has 0 aliphatic carbocycles. The van der Waals surface area contributed by atoms with E-state index in [-0.39, 0.29) is 5.91 Å². The average Bonchev–Trinajstić information content (AvgIpc) is 3.35. The normalized spacial score (nSPS) is 18.9. The average molecular weight is 522 g/mol. The van der Waals surface area contributed by atoms with Crippen LogP contribution in [0.2, 0.25) is 10.0 Å². The summed E-state index contributed by atoms with van der Waals surface area (Å²) in [6.07, 6.45) is 7.32. The molecule has 1 unspecified atom stereocenters. The van der Waals surface area contributed by atoms with Gasteiger partial charge in [0.15, 0.2) is 0 Å². The van der Waals surface area contributed by atoms with E-state index in [0.717, 1.165) is 58.6 Å². The summed E-state index contributed by atoms with van der Waals surface area (Å²) < 4.78 is 0. The number of benzene rings is 2. The van der Waals surface area contributed by atoms with Gasteiger partial charge in [0.1, 0.15) is 6.04 Å². The number of aryl methyl sites for hydroxylation is 2. The highest BCUT2D eigenvalue weighted by atomic mass is 35.5. The van der Waals surface area contributed by atoms with Crippen molar-refractivity contribution in [3.8, 4) is 11.1 Å². The van der Waals surface area contributed by atoms with Crippen molar-refractivity contribution in [2.24, 2.45) is 4.99 Å². The van der Waals surface area contributed by atoms with E-state index in [9.17, 15) is 4.79 Å². The van der Waals surface area contributed by atoms with Crippen LogP contribution >= 0.6 is 23.2 Å². The molecule has 1 amide bonds. The van der Waals surface area contributed by atoms with Crippen LogP contribution in [0.1, 0.15) is 35.6 Å². The Hall–Kier alpha value is -2.93. The monoisotopic (exact) mass is 521 g/mol. The second-order valence-electron chi connectivity index (χ2n) is 9.63. The fourth-order valence-corrected chi connectivity index (χ4v) is 5.65. The fraction of sp³-hybridized carbons (Fsp3) is 0.321. The molecule has 186 valence electrons. The molecule has 2 aliphatic heterocycles. The van der Waals surface area contributed by atoms with E-state index in [2.05, 4.69) is 16.4 Å². The summed E-state index contributed by atoms with van der Waals surface area (Å²) >= 11 is 12.9. The number of likely N-dealkylation sites (N-methyl/N-ethyl adjacent to an activating group) is 1. The van der Waals surface area contributed by atoms with Gasteiger partial charge in [-0.1, -0.05) is 23.2 Å². The van der Waals surface area contributed by atoms with Gasteiger partial charge in [-0.25, -0.2) is 4.99 Å². The standard InChI is InChI=1S/C28H29Cl2N5O/c1-17-9-19(29)12-21(10-17)35-16-33-26-11-18(2)23(22-6-8-31-14-25(22)30)13-24(26)27(35)28(36)34(3)15-20-5-4-7-32-20/h6,8-14,16,20,27,32H,4-5,7,15H2,1-3H3/t20-,27?/m0/s1. The number of amides is 1. The second-order valence-corrected chi connectivity index (χ2v) is 10.5. The molecular formula is C28H29Cl2N5O. The topological polar surface area (TPSA) is 60.8 Å². The molecule has 1 fully saturated rings. The maximum absolute atomic E-state index is 14.1. The molecule has 1 aromatic heterocycles. The van der Waals surface area contributed by atoms with Gasteiger partial charge in [0, 0.05) is 53.9 Å². The number of hydrogen-bond donors (Lipinski definition) is 1. The molecule has 2 aliphatic rings. The van der Waals surface area contributed by atoms with Crippen molar-refractivity contribution >= 4 is 46.8 Å². The van der Waals surface area contributed by atoms with E-state index in [0.29, 0.717) is 22.6 Å². The Bertz CT molecular complexity index is 1320. The third-order valence-corrected chi connectivity index (χ3v) is 7.44. The van der Waals surface area contributed by atoms with Crippen LogP contribution in [-0.4, -0.2) is 48.3 Å². The van der Waals surface area contributed by atoms with E-state index >= 15 is 0 Å². The number of aliphatic imine (C=N–C) groups is 1. The maximum Gasteiger partial charge on any atom is 0.250 e. The number of hydrogen-bond acceptors (Lipinski definition) is 5. The van der Waals surface area contributed by atoms with E-state index in [1.54, 1.807) is 18.7 Å². The van der Waals surface area contributed by atoms with Crippen LogP contribution in [0.3, 0.4) is 0 Å². The van der Waals surface area contributed by atoms with Crippen molar-refractivity contribution in [2.75, 3.05) is 25.0 Å². The zero-order valence-corrected chi connectivity index (χ0v) is 22.1. The van der Waals surface area contributed by atoms with Crippen LogP contribution in [0.15, 0.2) is 53.8 Å². The highest BCUT2D eigenvalue weighted by Gasteiger charge is 2.36. The number of rotatable bonds is 5. The van der Waals surface area contributed by atoms with E-state index < -0.39 is 6.04 Å². The molecule has 0 bridgehead atoms. The Morgan fingerprint density at radius 2 is 2.00 bits per heavy atom. The van der Waals surface area contributed by atoms with Crippen LogP contribution in [-0.2, 0) is 4.79 Å². The van der Waals surface area contributed by atoms with Crippen molar-refractivity contribution in [2.45, 2.75) is 38.8 Å². The predicted molar refractivity (Wildman–Crippen MR) is 148 cm³/mol. The molecule has 0 saturated carbocycles. The zero-order chi connectivity index (χ0) is 25.4. The Balaban J connectivity index is 1.62. The van der Waals surface area contributed by atoms with Gasteiger partial charge in [0.2, 0.25) is 5.91 Å². The van der Waals surface area contributed by atoms with Crippen LogP contribution in [0.4, 0.5) is 11.4 Å². The molecule has 2 atom stereocenters. The summed E-state index contributed by atoms with van der Waals surface area (Å²) in [5.74, 6) is 0.00403. The minimum atomic E-state index is -0.596. The smallest absolute Gasteiger partial charge is 0.250 e. The number of nitrogens with one attached hydrogen (secondary N) is 1. The van der Waals surface area contributed by atoms with E-state index in [4.69, 9.17) is 28.2 Å². The highest BCUT2D eigenvalue weighted by molar-refractivity contribution is 6.33. The number of pyridine rings is 1. The molecule has 0 radical (unpaired) electrons. The first-order valence-corrected chi connectivity index (χ1v) is 12.9. The zero-order valence-electron chi connectivity index (χ0n) is 20.6. The molecule has 8 heteroatoms. The van der Waals surface area contributed by atoms with Crippen LogP contribution in [0, 0.1) is 13.8 Å². The molecule has 3 aromatic rings. The third-order valence-electron chi connectivity index (χ3n) is 6.92. The molecule has 5 rings (SSSR count). The van der Waals surface area contributed by atoms with Crippen LogP contribution in [0.5, 0.6) is 0 Å². The highest BCUT2D eigenvalue weighted by Crippen LogP contribution is 2.42. The van der Waals surface area contributed by atoms with E-state index in [1.807, 2.05) is 61.0 Å². The third kappa shape index (κ3) is 4.85. The number of halogens is 2. The minimum absolute atomic E-state index is 0.00403. The maximum atomic E-state index is 14.1. The van der Waals surface area contributed by atoms with Gasteiger partial charge in [-0.05, 0) is 86.3 Å². The molecule has 2 aromatic carbocycles. The summed E-state index contributed by atoms with van der Waals surface area (Å²) in [7, 11) is 1.88. The predicted octanol–water partition coefficient (Wildman–Crippen LogP) is 6.10. The Morgan fingerprint density at radius 3 is 2.72 bits per heavy atom. The molecule has 6 nitrogen and oxygen atoms in total. The van der Waals surface area contributed by atoms with Crippen molar-refractivity contribution < 1.29 is 4.79 Å². The lowest BCUT2D eigenvalue weighted by Gasteiger charge is -2.36. The summed E-state index contributed by atoms with van der Waals surface area (Å²) in [6.45, 7) is 5.67. The molecule has 1 saturated heterocycles. The number of carbonyl (C=O) groups excluding carboxylic acids is 1. The summed E-state index contributed by atoms with van der Waals surface area (Å²) in [4.78, 5) is 26.8. The first-order valence-electron chi connectivity index (χ1n) is 12.1. The Morgan fingerprint density at radius 1 is 1.17 bits per heavy atom. The molecule has 0 spiro atoms. The van der Waals surface area contributed by atoms with Crippen molar-refractivity contribution in [1.82, 2.24) is 15.2 Å². The van der Waals surface area contributed by atoms with Crippen LogP contribution in [0.25, 0.3) is 11.1 Å². The van der Waals surface area contributed by atoms with Gasteiger partial charge in [-0.2, -0.15) is 0 Å². The van der Waals surface area contributed by atoms with Gasteiger partial charge in [0.05, 0.1) is 17.0 Å². The number of carbonyl (C=O) groups is 1. The lowest BCUT2D eigenvalue weighted by Crippen LogP contribution is -2.46. The molecular weight excluding hydrogens is 493 g/mol. The largest absolute Gasteiger partial charge is 0.342 e. The first-order chi connectivity index (χ1) is 17.3.